The van der Waals surface area contributed by atoms with Crippen molar-refractivity contribution in [3.8, 4) is 11.3 Å². The molecule has 5 heteroatoms. The molecule has 4 nitrogen and oxygen atoms in total. The first-order valence-corrected chi connectivity index (χ1v) is 10.2. The van der Waals surface area contributed by atoms with Gasteiger partial charge < -0.3 is 9.75 Å². The molecular formula is C22H25N3OS. The highest BCUT2D eigenvalue weighted by atomic mass is 32.1. The largest absolute Gasteiger partial charge is 0.378 e. The van der Waals surface area contributed by atoms with Crippen molar-refractivity contribution in [2.24, 2.45) is 4.99 Å². The first kappa shape index (κ1) is 18.0. The van der Waals surface area contributed by atoms with Gasteiger partial charge in [-0.2, -0.15) is 0 Å². The second-order valence-corrected chi connectivity index (χ2v) is 7.84. The zero-order valence-corrected chi connectivity index (χ0v) is 16.9. The van der Waals surface area contributed by atoms with Gasteiger partial charge >= 0.3 is 0 Å². The number of ether oxygens (including phenoxy) is 1. The molecule has 2 heterocycles. The Bertz CT molecular complexity index is 975. The van der Waals surface area contributed by atoms with Crippen molar-refractivity contribution in [3.05, 3.63) is 69.3 Å². The van der Waals surface area contributed by atoms with Crippen LogP contribution in [0.4, 0.5) is 5.69 Å². The summed E-state index contributed by atoms with van der Waals surface area (Å²) >= 11 is 1.69. The first-order chi connectivity index (χ1) is 13.1. The summed E-state index contributed by atoms with van der Waals surface area (Å²) in [6.07, 6.45) is 0. The maximum atomic E-state index is 5.57. The Balaban J connectivity index is 1.89. The lowest BCUT2D eigenvalue weighted by Gasteiger charge is -2.31. The third kappa shape index (κ3) is 3.70. The Morgan fingerprint density at radius 1 is 0.926 bits per heavy atom. The Labute approximate surface area is 164 Å². The number of para-hydroxylation sites is 1. The molecule has 0 N–H and O–H groups in total. The van der Waals surface area contributed by atoms with E-state index < -0.39 is 0 Å². The molecule has 0 spiro atoms. The second-order valence-electron chi connectivity index (χ2n) is 7.00. The lowest BCUT2D eigenvalue weighted by molar-refractivity contribution is 0.111. The maximum Gasteiger partial charge on any atom is 0.209 e. The minimum absolute atomic E-state index is 0.749. The highest BCUT2D eigenvalue weighted by Gasteiger charge is 2.17. The number of hydrogen-bond acceptors (Lipinski definition) is 4. The van der Waals surface area contributed by atoms with Crippen molar-refractivity contribution in [2.75, 3.05) is 31.3 Å². The quantitative estimate of drug-likeness (QED) is 0.677. The highest BCUT2D eigenvalue weighted by Crippen LogP contribution is 2.25. The Morgan fingerprint density at radius 3 is 2.26 bits per heavy atom. The maximum absolute atomic E-state index is 5.57. The molecule has 140 valence electrons. The summed E-state index contributed by atoms with van der Waals surface area (Å²) in [6, 6.07) is 15.1. The van der Waals surface area contributed by atoms with Gasteiger partial charge in [-0.25, -0.2) is 9.67 Å². The molecule has 0 atom stereocenters. The van der Waals surface area contributed by atoms with Gasteiger partial charge in [0.25, 0.3) is 0 Å². The van der Waals surface area contributed by atoms with Gasteiger partial charge in [0, 0.05) is 10.9 Å². The van der Waals surface area contributed by atoms with Gasteiger partial charge in [-0.3, -0.25) is 0 Å². The minimum atomic E-state index is 0.749. The molecule has 0 amide bonds. The molecule has 0 radical (unpaired) electrons. The molecule has 1 fully saturated rings. The van der Waals surface area contributed by atoms with Crippen molar-refractivity contribution in [1.29, 1.82) is 0 Å². The monoisotopic (exact) mass is 379 g/mol. The fraction of sp³-hybridized carbons (Fsp3) is 0.318. The van der Waals surface area contributed by atoms with Crippen LogP contribution in [-0.4, -0.2) is 31.0 Å². The molecule has 3 aromatic rings. The molecule has 1 aliphatic rings. The smallest absolute Gasteiger partial charge is 0.209 e. The first-order valence-electron chi connectivity index (χ1n) is 9.35. The van der Waals surface area contributed by atoms with Crippen LogP contribution in [0.2, 0.25) is 0 Å². The SMILES string of the molecule is Cc1ccc(-c2csc(=Nc3c(C)cccc3C)n2N2CCOCC2)cc1. The molecule has 0 bridgehead atoms. The fourth-order valence-corrected chi connectivity index (χ4v) is 4.32. The summed E-state index contributed by atoms with van der Waals surface area (Å²) in [7, 11) is 0. The highest BCUT2D eigenvalue weighted by molar-refractivity contribution is 7.07. The van der Waals surface area contributed by atoms with E-state index in [0.717, 1.165) is 36.8 Å². The third-order valence-electron chi connectivity index (χ3n) is 4.95. The molecule has 4 rings (SSSR count). The van der Waals surface area contributed by atoms with Gasteiger partial charge in [0.1, 0.15) is 0 Å². The van der Waals surface area contributed by atoms with Gasteiger partial charge in [0.15, 0.2) is 0 Å². The van der Waals surface area contributed by atoms with E-state index in [0.29, 0.717) is 0 Å². The summed E-state index contributed by atoms with van der Waals surface area (Å²) in [5, 5.41) is 4.56. The van der Waals surface area contributed by atoms with Crippen LogP contribution in [0.3, 0.4) is 0 Å². The van der Waals surface area contributed by atoms with Crippen molar-refractivity contribution in [2.45, 2.75) is 20.8 Å². The number of benzene rings is 2. The number of aromatic nitrogens is 1. The number of aryl methyl sites for hydroxylation is 3. The van der Waals surface area contributed by atoms with Crippen LogP contribution in [0.5, 0.6) is 0 Å². The zero-order chi connectivity index (χ0) is 18.8. The average Bonchev–Trinajstić information content (AvgIpc) is 3.10. The predicted molar refractivity (Wildman–Crippen MR) is 112 cm³/mol. The molecule has 0 unspecified atom stereocenters. The molecule has 1 aliphatic heterocycles. The fourth-order valence-electron chi connectivity index (χ4n) is 3.40. The molecule has 1 saturated heterocycles. The standard InChI is InChI=1S/C22H25N3OS/c1-16-7-9-19(10-8-16)20-15-27-22(25(20)24-11-13-26-14-12-24)23-21-17(2)5-4-6-18(21)3/h4-10,15H,11-14H2,1-3H3. The number of nitrogens with zero attached hydrogens (tertiary/aromatic N) is 3. The average molecular weight is 380 g/mol. The van der Waals surface area contributed by atoms with E-state index in [2.05, 4.69) is 78.3 Å². The number of thiazole rings is 1. The summed E-state index contributed by atoms with van der Waals surface area (Å²) in [5.41, 5.74) is 7.14. The molecule has 0 saturated carbocycles. The molecule has 2 aromatic carbocycles. The van der Waals surface area contributed by atoms with Crippen molar-refractivity contribution >= 4 is 17.0 Å². The van der Waals surface area contributed by atoms with Crippen LogP contribution in [0.15, 0.2) is 52.8 Å². The number of morpholine rings is 1. The van der Waals surface area contributed by atoms with Crippen LogP contribution < -0.4 is 9.81 Å². The van der Waals surface area contributed by atoms with Crippen LogP contribution in [0, 0.1) is 20.8 Å². The Morgan fingerprint density at radius 2 is 1.59 bits per heavy atom. The van der Waals surface area contributed by atoms with Gasteiger partial charge in [-0.05, 0) is 31.9 Å². The minimum Gasteiger partial charge on any atom is -0.378 e. The van der Waals surface area contributed by atoms with Gasteiger partial charge in [-0.1, -0.05) is 48.0 Å². The summed E-state index contributed by atoms with van der Waals surface area (Å²) in [4.78, 5) is 6.08. The summed E-state index contributed by atoms with van der Waals surface area (Å²) in [6.45, 7) is 9.61. The molecule has 0 aliphatic carbocycles. The van der Waals surface area contributed by atoms with E-state index >= 15 is 0 Å². The molecular weight excluding hydrogens is 354 g/mol. The van der Waals surface area contributed by atoms with E-state index in [1.807, 2.05) is 0 Å². The lowest BCUT2D eigenvalue weighted by Crippen LogP contribution is -2.48. The van der Waals surface area contributed by atoms with E-state index in [-0.39, 0.29) is 0 Å². The third-order valence-corrected chi connectivity index (χ3v) is 5.77. The number of hydrogen-bond donors (Lipinski definition) is 0. The van der Waals surface area contributed by atoms with Crippen LogP contribution >= 0.6 is 11.3 Å². The van der Waals surface area contributed by atoms with Crippen molar-refractivity contribution < 1.29 is 4.74 Å². The van der Waals surface area contributed by atoms with Crippen LogP contribution in [-0.2, 0) is 4.74 Å². The Hall–Kier alpha value is -2.37. The van der Waals surface area contributed by atoms with Crippen LogP contribution in [0.1, 0.15) is 16.7 Å². The van der Waals surface area contributed by atoms with E-state index in [1.54, 1.807) is 11.3 Å². The normalized spacial score (nSPS) is 15.4. The summed E-state index contributed by atoms with van der Waals surface area (Å²) < 4.78 is 7.85. The second kappa shape index (κ2) is 7.71. The predicted octanol–water partition coefficient (Wildman–Crippen LogP) is 4.34. The Kier molecular flexibility index (Phi) is 5.14. The van der Waals surface area contributed by atoms with Gasteiger partial charge in [0.2, 0.25) is 4.80 Å². The lowest BCUT2D eigenvalue weighted by atomic mass is 10.1. The van der Waals surface area contributed by atoms with E-state index in [9.17, 15) is 0 Å². The molecule has 1 aromatic heterocycles. The van der Waals surface area contributed by atoms with Gasteiger partial charge in [0.05, 0.1) is 37.7 Å². The van der Waals surface area contributed by atoms with Crippen LogP contribution in [0.25, 0.3) is 11.3 Å². The number of rotatable bonds is 3. The van der Waals surface area contributed by atoms with E-state index in [1.165, 1.54) is 27.9 Å². The zero-order valence-electron chi connectivity index (χ0n) is 16.1. The van der Waals surface area contributed by atoms with Crippen molar-refractivity contribution in [3.63, 3.8) is 0 Å². The van der Waals surface area contributed by atoms with E-state index in [4.69, 9.17) is 9.73 Å². The van der Waals surface area contributed by atoms with Gasteiger partial charge in [-0.15, -0.1) is 11.3 Å². The summed E-state index contributed by atoms with van der Waals surface area (Å²) in [5.74, 6) is 0. The molecule has 27 heavy (non-hydrogen) atoms. The topological polar surface area (TPSA) is 29.8 Å². The van der Waals surface area contributed by atoms with Crippen molar-refractivity contribution in [1.82, 2.24) is 4.68 Å².